The molecule has 3 fully saturated rings. The van der Waals surface area contributed by atoms with E-state index in [-0.39, 0.29) is 35.2 Å². The van der Waals surface area contributed by atoms with Gasteiger partial charge in [-0.15, -0.1) is 0 Å². The standard InChI is InChI=1S/C33H42ClF2N3O3/c1-33(2,3)38-20-27(26-11-10-25(35)19-29(26)36)28(21-38)32(41)37-14-4-5-30(22-6-8-24(34)9-7-22)39(16-15-37)31(40)23-12-17-42-18-13-23/h6-11,19,23,27-28,30H,4-5,12-18,20-21H2,1-3H3/t27-,28+,30-/m0/s1. The highest BCUT2D eigenvalue weighted by Gasteiger charge is 2.45. The van der Waals surface area contributed by atoms with Gasteiger partial charge < -0.3 is 14.5 Å². The number of benzene rings is 2. The van der Waals surface area contributed by atoms with Gasteiger partial charge in [-0.25, -0.2) is 8.78 Å². The summed E-state index contributed by atoms with van der Waals surface area (Å²) in [6.45, 7) is 9.82. The van der Waals surface area contributed by atoms with E-state index in [0.29, 0.717) is 69.4 Å². The maximum Gasteiger partial charge on any atom is 0.227 e. The number of amides is 2. The van der Waals surface area contributed by atoms with Crippen molar-refractivity contribution in [2.24, 2.45) is 11.8 Å². The Hall–Kier alpha value is -2.55. The molecule has 0 aromatic heterocycles. The van der Waals surface area contributed by atoms with Crippen LogP contribution in [0.5, 0.6) is 0 Å². The Kier molecular flexibility index (Phi) is 9.55. The van der Waals surface area contributed by atoms with Crippen LogP contribution in [0.4, 0.5) is 8.78 Å². The molecule has 2 aromatic carbocycles. The Morgan fingerprint density at radius 3 is 2.29 bits per heavy atom. The minimum Gasteiger partial charge on any atom is -0.381 e. The van der Waals surface area contributed by atoms with Gasteiger partial charge in [0.05, 0.1) is 12.0 Å². The van der Waals surface area contributed by atoms with E-state index in [0.717, 1.165) is 24.5 Å². The van der Waals surface area contributed by atoms with Gasteiger partial charge in [0.15, 0.2) is 0 Å². The maximum atomic E-state index is 15.0. The van der Waals surface area contributed by atoms with Gasteiger partial charge >= 0.3 is 0 Å². The second-order valence-electron chi connectivity index (χ2n) is 12.9. The maximum absolute atomic E-state index is 15.0. The van der Waals surface area contributed by atoms with E-state index in [1.54, 1.807) is 0 Å². The van der Waals surface area contributed by atoms with Gasteiger partial charge in [0.1, 0.15) is 11.6 Å². The van der Waals surface area contributed by atoms with Crippen molar-refractivity contribution >= 4 is 23.4 Å². The Labute approximate surface area is 252 Å². The summed E-state index contributed by atoms with van der Waals surface area (Å²) in [7, 11) is 0. The number of hydrogen-bond acceptors (Lipinski definition) is 4. The second-order valence-corrected chi connectivity index (χ2v) is 13.3. The lowest BCUT2D eigenvalue weighted by molar-refractivity contribution is -0.145. The molecule has 0 N–H and O–H groups in total. The van der Waals surface area contributed by atoms with Crippen LogP contribution in [0.3, 0.4) is 0 Å². The van der Waals surface area contributed by atoms with Crippen LogP contribution >= 0.6 is 11.6 Å². The van der Waals surface area contributed by atoms with Crippen LogP contribution in [0.25, 0.3) is 0 Å². The molecular formula is C33H42ClF2N3O3. The van der Waals surface area contributed by atoms with Crippen LogP contribution in [0.15, 0.2) is 42.5 Å². The minimum atomic E-state index is -0.627. The summed E-state index contributed by atoms with van der Waals surface area (Å²) < 4.78 is 34.3. The average Bonchev–Trinajstić information content (AvgIpc) is 3.40. The van der Waals surface area contributed by atoms with E-state index >= 15 is 4.39 Å². The molecule has 42 heavy (non-hydrogen) atoms. The molecule has 3 saturated heterocycles. The molecule has 2 amide bonds. The summed E-state index contributed by atoms with van der Waals surface area (Å²) in [5.74, 6) is -2.10. The van der Waals surface area contributed by atoms with E-state index in [1.807, 2.05) is 34.1 Å². The van der Waals surface area contributed by atoms with Crippen LogP contribution in [0.2, 0.25) is 5.02 Å². The first-order chi connectivity index (χ1) is 20.0. The molecule has 0 aliphatic carbocycles. The van der Waals surface area contributed by atoms with Crippen LogP contribution in [-0.2, 0) is 14.3 Å². The number of hydrogen-bond donors (Lipinski definition) is 0. The molecule has 3 aliphatic rings. The number of ether oxygens (including phenoxy) is 1. The molecule has 6 nitrogen and oxygen atoms in total. The summed E-state index contributed by atoms with van der Waals surface area (Å²) in [5, 5.41) is 0.650. The van der Waals surface area contributed by atoms with Crippen molar-refractivity contribution in [3.8, 4) is 0 Å². The highest BCUT2D eigenvalue weighted by atomic mass is 35.5. The van der Waals surface area contributed by atoms with E-state index in [2.05, 4.69) is 25.7 Å². The third-order valence-electron chi connectivity index (χ3n) is 9.26. The first kappa shape index (κ1) is 30.9. The number of rotatable bonds is 4. The zero-order valence-corrected chi connectivity index (χ0v) is 25.6. The van der Waals surface area contributed by atoms with Crippen molar-refractivity contribution in [3.05, 3.63) is 70.2 Å². The van der Waals surface area contributed by atoms with Crippen molar-refractivity contribution in [2.75, 3.05) is 45.9 Å². The summed E-state index contributed by atoms with van der Waals surface area (Å²) in [5.41, 5.74) is 1.22. The normalized spacial score (nSPS) is 24.9. The summed E-state index contributed by atoms with van der Waals surface area (Å²) in [6, 6.07) is 11.3. The van der Waals surface area contributed by atoms with Crippen molar-refractivity contribution in [2.45, 2.75) is 64.0 Å². The third-order valence-corrected chi connectivity index (χ3v) is 9.51. The molecule has 0 radical (unpaired) electrons. The van der Waals surface area contributed by atoms with Gasteiger partial charge in [-0.2, -0.15) is 0 Å². The monoisotopic (exact) mass is 601 g/mol. The highest BCUT2D eigenvalue weighted by Crippen LogP contribution is 2.39. The third kappa shape index (κ3) is 6.81. The van der Waals surface area contributed by atoms with Crippen molar-refractivity contribution in [3.63, 3.8) is 0 Å². The highest BCUT2D eigenvalue weighted by molar-refractivity contribution is 6.30. The van der Waals surface area contributed by atoms with Gasteiger partial charge in [0, 0.05) is 74.4 Å². The van der Waals surface area contributed by atoms with Crippen LogP contribution in [-0.4, -0.2) is 78.0 Å². The molecule has 3 atom stereocenters. The number of nitrogens with zero attached hydrogens (tertiary/aromatic N) is 3. The van der Waals surface area contributed by atoms with E-state index in [1.165, 1.54) is 12.1 Å². The van der Waals surface area contributed by atoms with E-state index < -0.39 is 17.6 Å². The summed E-state index contributed by atoms with van der Waals surface area (Å²) in [6.07, 6.45) is 2.83. The quantitative estimate of drug-likeness (QED) is 0.428. The second kappa shape index (κ2) is 13.0. The Balaban J connectivity index is 1.39. The van der Waals surface area contributed by atoms with Gasteiger partial charge in [-0.05, 0) is 75.8 Å². The molecule has 9 heteroatoms. The lowest BCUT2D eigenvalue weighted by Gasteiger charge is -2.40. The Bertz CT molecular complexity index is 1260. The summed E-state index contributed by atoms with van der Waals surface area (Å²) in [4.78, 5) is 34.2. The summed E-state index contributed by atoms with van der Waals surface area (Å²) >= 11 is 6.17. The number of carbonyl (C=O) groups excluding carboxylic acids is 2. The number of likely N-dealkylation sites (tertiary alicyclic amines) is 1. The van der Waals surface area contributed by atoms with Crippen LogP contribution in [0.1, 0.15) is 69.5 Å². The zero-order valence-electron chi connectivity index (χ0n) is 24.8. The minimum absolute atomic E-state index is 0.0288. The number of carbonyl (C=O) groups is 2. The molecule has 3 heterocycles. The zero-order chi connectivity index (χ0) is 30.0. The van der Waals surface area contributed by atoms with Gasteiger partial charge in [0.25, 0.3) is 0 Å². The first-order valence-corrected chi connectivity index (χ1v) is 15.5. The fraction of sp³-hybridized carbons (Fsp3) is 0.576. The van der Waals surface area contributed by atoms with Crippen molar-refractivity contribution in [1.29, 1.82) is 0 Å². The molecule has 0 unspecified atom stereocenters. The smallest absolute Gasteiger partial charge is 0.227 e. The van der Waals surface area contributed by atoms with E-state index in [9.17, 15) is 14.0 Å². The van der Waals surface area contributed by atoms with Gasteiger partial charge in [-0.1, -0.05) is 29.8 Å². The molecule has 0 spiro atoms. The van der Waals surface area contributed by atoms with Gasteiger partial charge in [-0.3, -0.25) is 14.5 Å². The molecule has 5 rings (SSSR count). The molecular weight excluding hydrogens is 560 g/mol. The predicted octanol–water partition coefficient (Wildman–Crippen LogP) is 6.05. The Morgan fingerprint density at radius 1 is 0.905 bits per heavy atom. The molecule has 0 saturated carbocycles. The van der Waals surface area contributed by atoms with E-state index in [4.69, 9.17) is 16.3 Å². The molecule has 2 aromatic rings. The average molecular weight is 602 g/mol. The Morgan fingerprint density at radius 2 is 1.62 bits per heavy atom. The number of halogens is 3. The molecule has 3 aliphatic heterocycles. The fourth-order valence-electron chi connectivity index (χ4n) is 6.78. The fourth-order valence-corrected chi connectivity index (χ4v) is 6.90. The first-order valence-electron chi connectivity index (χ1n) is 15.2. The molecule has 228 valence electrons. The van der Waals surface area contributed by atoms with Gasteiger partial charge in [0.2, 0.25) is 11.8 Å². The van der Waals surface area contributed by atoms with Crippen molar-refractivity contribution in [1.82, 2.24) is 14.7 Å². The lowest BCUT2D eigenvalue weighted by Crippen LogP contribution is -2.49. The SMILES string of the molecule is CC(C)(C)N1C[C@@H](C(=O)N2CCC[C@@H](c3ccc(Cl)cc3)N(C(=O)C3CCOCC3)CC2)[C@H](c2ccc(F)cc2F)C1. The van der Waals surface area contributed by atoms with Crippen LogP contribution < -0.4 is 0 Å². The van der Waals surface area contributed by atoms with Crippen LogP contribution in [0, 0.1) is 23.5 Å². The largest absolute Gasteiger partial charge is 0.381 e. The molecule has 0 bridgehead atoms. The predicted molar refractivity (Wildman–Crippen MR) is 159 cm³/mol. The lowest BCUT2D eigenvalue weighted by atomic mass is 9.87. The van der Waals surface area contributed by atoms with Crippen molar-refractivity contribution < 1.29 is 23.1 Å². The topological polar surface area (TPSA) is 53.1 Å².